The monoisotopic (exact) mass is 423 g/mol. The van der Waals surface area contributed by atoms with Gasteiger partial charge < -0.3 is 20.1 Å². The molecule has 1 unspecified atom stereocenters. The van der Waals surface area contributed by atoms with Gasteiger partial charge in [-0.15, -0.1) is 0 Å². The molecule has 0 aromatic rings. The summed E-state index contributed by atoms with van der Waals surface area (Å²) >= 11 is 0. The Morgan fingerprint density at radius 3 is 2.57 bits per heavy atom. The van der Waals surface area contributed by atoms with E-state index in [1.165, 1.54) is 23.1 Å². The Morgan fingerprint density at radius 2 is 2.03 bits per heavy atom. The number of hydrogen-bond acceptors (Lipinski definition) is 5. The Kier molecular flexibility index (Phi) is 6.65. The Balaban J connectivity index is 1.65. The molecule has 1 spiro atoms. The minimum atomic E-state index is -0.988. The van der Waals surface area contributed by atoms with Gasteiger partial charge in [-0.05, 0) is 58.8 Å². The van der Waals surface area contributed by atoms with Crippen molar-refractivity contribution < 1.29 is 24.2 Å². The summed E-state index contributed by atoms with van der Waals surface area (Å²) in [6.45, 7) is 8.62. The Hall–Kier alpha value is -1.83. The van der Waals surface area contributed by atoms with Gasteiger partial charge in [-0.2, -0.15) is 0 Å². The number of carbonyl (C=O) groups is 3. The van der Waals surface area contributed by atoms with Crippen LogP contribution >= 0.6 is 0 Å². The molecule has 1 saturated carbocycles. The van der Waals surface area contributed by atoms with Gasteiger partial charge in [0.2, 0.25) is 5.91 Å². The number of rotatable bonds is 8. The summed E-state index contributed by atoms with van der Waals surface area (Å²) < 4.78 is 5.70. The number of hydrogen-bond donors (Lipinski definition) is 2. The van der Waals surface area contributed by atoms with Crippen LogP contribution in [0.4, 0.5) is 4.79 Å². The second kappa shape index (κ2) is 8.73. The maximum absolute atomic E-state index is 13.2. The van der Waals surface area contributed by atoms with Gasteiger partial charge in [0.05, 0.1) is 12.6 Å². The van der Waals surface area contributed by atoms with Crippen molar-refractivity contribution in [1.29, 1.82) is 0 Å². The fourth-order valence-electron chi connectivity index (χ4n) is 4.97. The first-order chi connectivity index (χ1) is 14.1. The van der Waals surface area contributed by atoms with E-state index in [0.29, 0.717) is 25.4 Å². The van der Waals surface area contributed by atoms with Crippen molar-refractivity contribution in [2.24, 2.45) is 5.92 Å². The highest BCUT2D eigenvalue weighted by Crippen LogP contribution is 2.41. The molecule has 3 rings (SSSR count). The van der Waals surface area contributed by atoms with E-state index in [0.717, 1.165) is 32.1 Å². The fraction of sp³-hybridized carbons (Fsp3) is 0.864. The first-order valence-corrected chi connectivity index (χ1v) is 11.4. The van der Waals surface area contributed by atoms with Crippen LogP contribution in [0.1, 0.15) is 72.6 Å². The molecule has 3 aliphatic rings. The normalized spacial score (nSPS) is 26.2. The molecule has 2 heterocycles. The first kappa shape index (κ1) is 22.8. The second-order valence-electron chi connectivity index (χ2n) is 9.83. The molecule has 0 bridgehead atoms. The summed E-state index contributed by atoms with van der Waals surface area (Å²) in [4.78, 5) is 41.8. The second-order valence-corrected chi connectivity index (χ2v) is 9.83. The third-order valence-corrected chi connectivity index (χ3v) is 6.87. The van der Waals surface area contributed by atoms with E-state index in [4.69, 9.17) is 4.74 Å². The summed E-state index contributed by atoms with van der Waals surface area (Å²) in [6, 6.07) is -0.932. The Morgan fingerprint density at radius 1 is 1.33 bits per heavy atom. The number of aliphatic hydroxyl groups excluding tert-OH is 1. The molecule has 8 heteroatoms. The maximum atomic E-state index is 13.2. The summed E-state index contributed by atoms with van der Waals surface area (Å²) in [5.74, 6) is -0.0974. The van der Waals surface area contributed by atoms with Crippen molar-refractivity contribution in [2.45, 2.75) is 95.9 Å². The van der Waals surface area contributed by atoms with Crippen molar-refractivity contribution >= 4 is 17.9 Å². The third kappa shape index (κ3) is 4.29. The standard InChI is InChI=1S/C22H37N3O5/c1-5-10-21(3,4)30-20(29)25-12-7-11-22(25)14-24(19(22)28)17(15(2)26)18(27)23-13-16-8-6-9-16/h15-17,26H,5-14H2,1-4H3,(H,23,27)/t15-,17+,22?/m1/s1. The molecular weight excluding hydrogens is 386 g/mol. The van der Waals surface area contributed by atoms with Gasteiger partial charge in [-0.1, -0.05) is 19.8 Å². The lowest BCUT2D eigenvalue weighted by atomic mass is 9.83. The molecule has 170 valence electrons. The maximum Gasteiger partial charge on any atom is 0.411 e. The summed E-state index contributed by atoms with van der Waals surface area (Å²) in [6.07, 6.45) is 4.86. The van der Waals surface area contributed by atoms with Crippen LogP contribution in [0.2, 0.25) is 0 Å². The van der Waals surface area contributed by atoms with Crippen molar-refractivity contribution in [1.82, 2.24) is 15.1 Å². The topological polar surface area (TPSA) is 99.2 Å². The van der Waals surface area contributed by atoms with Gasteiger partial charge in [0, 0.05) is 13.1 Å². The van der Waals surface area contributed by atoms with Gasteiger partial charge in [-0.25, -0.2) is 4.79 Å². The molecule has 0 aromatic carbocycles. The van der Waals surface area contributed by atoms with E-state index in [1.807, 2.05) is 20.8 Å². The zero-order chi connectivity index (χ0) is 22.1. The number of nitrogens with zero attached hydrogens (tertiary/aromatic N) is 2. The number of β-lactam (4-membered cyclic amide) rings is 1. The zero-order valence-electron chi connectivity index (χ0n) is 18.8. The van der Waals surface area contributed by atoms with Crippen LogP contribution in [-0.4, -0.2) is 75.7 Å². The van der Waals surface area contributed by atoms with Crippen molar-refractivity contribution in [3.05, 3.63) is 0 Å². The molecule has 8 nitrogen and oxygen atoms in total. The van der Waals surface area contributed by atoms with Crippen molar-refractivity contribution in [3.8, 4) is 0 Å². The van der Waals surface area contributed by atoms with Crippen LogP contribution in [0.5, 0.6) is 0 Å². The minimum absolute atomic E-state index is 0.252. The van der Waals surface area contributed by atoms with Crippen LogP contribution in [0.25, 0.3) is 0 Å². The van der Waals surface area contributed by atoms with Crippen LogP contribution in [0, 0.1) is 5.92 Å². The number of amides is 3. The number of likely N-dealkylation sites (tertiary alicyclic amines) is 2. The number of aliphatic hydroxyl groups is 1. The van der Waals surface area contributed by atoms with Gasteiger partial charge >= 0.3 is 6.09 Å². The Bertz CT molecular complexity index is 676. The molecule has 3 atom stereocenters. The van der Waals surface area contributed by atoms with Crippen LogP contribution in [0.15, 0.2) is 0 Å². The van der Waals surface area contributed by atoms with Gasteiger partial charge in [0.25, 0.3) is 5.91 Å². The lowest BCUT2D eigenvalue weighted by molar-refractivity contribution is -0.172. The van der Waals surface area contributed by atoms with E-state index < -0.39 is 29.4 Å². The van der Waals surface area contributed by atoms with Gasteiger partial charge in [0.1, 0.15) is 17.2 Å². The van der Waals surface area contributed by atoms with E-state index >= 15 is 0 Å². The number of carbonyl (C=O) groups excluding carboxylic acids is 3. The minimum Gasteiger partial charge on any atom is -0.443 e. The molecule has 30 heavy (non-hydrogen) atoms. The average molecular weight is 424 g/mol. The SMILES string of the molecule is CCCC(C)(C)OC(=O)N1CCCC12CN([C@H](C(=O)NCC1CCC1)[C@@H](C)O)C2=O. The van der Waals surface area contributed by atoms with E-state index in [2.05, 4.69) is 5.32 Å². The predicted octanol–water partition coefficient (Wildman–Crippen LogP) is 2.04. The van der Waals surface area contributed by atoms with E-state index in [9.17, 15) is 19.5 Å². The summed E-state index contributed by atoms with van der Waals surface area (Å²) in [5.41, 5.74) is -1.54. The quantitative estimate of drug-likeness (QED) is 0.582. The highest BCUT2D eigenvalue weighted by Gasteiger charge is 2.63. The molecular formula is C22H37N3O5. The molecule has 3 fully saturated rings. The van der Waals surface area contributed by atoms with Crippen LogP contribution in [-0.2, 0) is 14.3 Å². The molecule has 1 aliphatic carbocycles. The van der Waals surface area contributed by atoms with E-state index in [1.54, 1.807) is 0 Å². The number of ether oxygens (including phenoxy) is 1. The lowest BCUT2D eigenvalue weighted by Gasteiger charge is -2.53. The predicted molar refractivity (Wildman–Crippen MR) is 112 cm³/mol. The molecule has 2 saturated heterocycles. The van der Waals surface area contributed by atoms with Gasteiger partial charge in [0.15, 0.2) is 0 Å². The van der Waals surface area contributed by atoms with Crippen molar-refractivity contribution in [2.75, 3.05) is 19.6 Å². The van der Waals surface area contributed by atoms with Crippen LogP contribution in [0.3, 0.4) is 0 Å². The third-order valence-electron chi connectivity index (χ3n) is 6.87. The average Bonchev–Trinajstić information content (AvgIpc) is 3.06. The summed E-state index contributed by atoms with van der Waals surface area (Å²) in [5, 5.41) is 13.1. The smallest absolute Gasteiger partial charge is 0.411 e. The molecule has 0 radical (unpaired) electrons. The van der Waals surface area contributed by atoms with Gasteiger partial charge in [-0.3, -0.25) is 14.5 Å². The van der Waals surface area contributed by atoms with Crippen LogP contribution < -0.4 is 5.32 Å². The van der Waals surface area contributed by atoms with E-state index in [-0.39, 0.29) is 18.4 Å². The first-order valence-electron chi connectivity index (χ1n) is 11.4. The molecule has 2 aliphatic heterocycles. The molecule has 2 N–H and O–H groups in total. The molecule has 0 aromatic heterocycles. The largest absolute Gasteiger partial charge is 0.443 e. The molecule has 3 amide bonds. The summed E-state index contributed by atoms with van der Waals surface area (Å²) in [7, 11) is 0. The number of nitrogens with one attached hydrogen (secondary N) is 1. The zero-order valence-corrected chi connectivity index (χ0v) is 18.8. The lowest BCUT2D eigenvalue weighted by Crippen LogP contribution is -2.77. The highest BCUT2D eigenvalue weighted by molar-refractivity contribution is 5.99. The Labute approximate surface area is 179 Å². The fourth-order valence-corrected chi connectivity index (χ4v) is 4.97. The van der Waals surface area contributed by atoms with Crippen molar-refractivity contribution in [3.63, 3.8) is 0 Å². The highest BCUT2D eigenvalue weighted by atomic mass is 16.6.